The van der Waals surface area contributed by atoms with E-state index in [9.17, 15) is 4.79 Å². The molecule has 0 bridgehead atoms. The van der Waals surface area contributed by atoms with Crippen LogP contribution in [0.15, 0.2) is 40.5 Å². The number of carboxylic acids is 1. The lowest BCUT2D eigenvalue weighted by atomic mass is 10.1. The highest BCUT2D eigenvalue weighted by molar-refractivity contribution is 6.68. The van der Waals surface area contributed by atoms with Gasteiger partial charge in [-0.15, -0.1) is 0 Å². The van der Waals surface area contributed by atoms with E-state index in [0.717, 1.165) is 0 Å². The summed E-state index contributed by atoms with van der Waals surface area (Å²) in [5.41, 5.74) is 0.241. The molecule has 5 heteroatoms. The number of aliphatic carboxylic acids is 1. The van der Waals surface area contributed by atoms with Gasteiger partial charge in [0.25, 0.3) is 0 Å². The van der Waals surface area contributed by atoms with E-state index in [1.807, 2.05) is 0 Å². The summed E-state index contributed by atoms with van der Waals surface area (Å²) in [6.07, 6.45) is 0. The van der Waals surface area contributed by atoms with E-state index < -0.39 is 5.97 Å². The second-order valence-electron chi connectivity index (χ2n) is 2.94. The van der Waals surface area contributed by atoms with Crippen molar-refractivity contribution in [3.63, 3.8) is 0 Å². The smallest absolute Gasteiger partial charge is 0.356 e. The molecule has 0 aliphatic heterocycles. The second kappa shape index (κ2) is 5.65. The molecule has 0 aliphatic carbocycles. The number of carbonyl (C=O) groups is 1. The van der Waals surface area contributed by atoms with Crippen molar-refractivity contribution in [2.24, 2.45) is 10.1 Å². The lowest BCUT2D eigenvalue weighted by Gasteiger charge is -2.03. The van der Waals surface area contributed by atoms with E-state index in [0.29, 0.717) is 12.1 Å². The molecule has 0 fully saturated rings. The molecule has 2 N–H and O–H groups in total. The average molecular weight is 220 g/mol. The summed E-state index contributed by atoms with van der Waals surface area (Å²) >= 11 is 0. The minimum atomic E-state index is -1.21. The van der Waals surface area contributed by atoms with Crippen molar-refractivity contribution in [3.8, 4) is 0 Å². The molecule has 0 radical (unpaired) electrons. The Morgan fingerprint density at radius 3 is 2.38 bits per heavy atom. The molecule has 1 rings (SSSR count). The maximum absolute atomic E-state index is 10.9. The standard InChI is InChI=1S/C11H12N2O3/c1-2-12-10(11(14)15)9(13-16)8-6-4-3-5-7-8/h3-7,16H,2H2,1H3,(H,14,15)/b12-10?,13-9-. The summed E-state index contributed by atoms with van der Waals surface area (Å²) < 4.78 is 0. The van der Waals surface area contributed by atoms with Gasteiger partial charge >= 0.3 is 5.97 Å². The van der Waals surface area contributed by atoms with Crippen molar-refractivity contribution >= 4 is 17.4 Å². The summed E-state index contributed by atoms with van der Waals surface area (Å²) in [5, 5.41) is 20.8. The fraction of sp³-hybridized carbons (Fsp3) is 0.182. The number of oxime groups is 1. The third-order valence-corrected chi connectivity index (χ3v) is 1.89. The van der Waals surface area contributed by atoms with E-state index in [2.05, 4.69) is 10.1 Å². The van der Waals surface area contributed by atoms with Crippen LogP contribution in [0.1, 0.15) is 12.5 Å². The van der Waals surface area contributed by atoms with Gasteiger partial charge in [-0.3, -0.25) is 4.99 Å². The van der Waals surface area contributed by atoms with Crippen LogP contribution in [0.25, 0.3) is 0 Å². The van der Waals surface area contributed by atoms with Crippen molar-refractivity contribution in [1.82, 2.24) is 0 Å². The average Bonchev–Trinajstić information content (AvgIpc) is 2.30. The van der Waals surface area contributed by atoms with Gasteiger partial charge in [-0.2, -0.15) is 0 Å². The number of nitrogens with zero attached hydrogens (tertiary/aromatic N) is 2. The fourth-order valence-corrected chi connectivity index (χ4v) is 1.24. The lowest BCUT2D eigenvalue weighted by Crippen LogP contribution is -2.25. The van der Waals surface area contributed by atoms with E-state index in [1.165, 1.54) is 0 Å². The zero-order chi connectivity index (χ0) is 12.0. The van der Waals surface area contributed by atoms with Crippen molar-refractivity contribution in [2.75, 3.05) is 6.54 Å². The first-order chi connectivity index (χ1) is 7.70. The second-order valence-corrected chi connectivity index (χ2v) is 2.94. The Morgan fingerprint density at radius 1 is 1.31 bits per heavy atom. The van der Waals surface area contributed by atoms with Gasteiger partial charge in [-0.05, 0) is 6.92 Å². The van der Waals surface area contributed by atoms with Crippen LogP contribution in [0.4, 0.5) is 0 Å². The molecule has 1 aromatic rings. The number of aliphatic imine (C=N–C) groups is 1. The van der Waals surface area contributed by atoms with Crippen molar-refractivity contribution in [2.45, 2.75) is 6.92 Å². The van der Waals surface area contributed by atoms with Crippen LogP contribution in [0.5, 0.6) is 0 Å². The van der Waals surface area contributed by atoms with Gasteiger partial charge in [0.1, 0.15) is 5.71 Å². The summed E-state index contributed by atoms with van der Waals surface area (Å²) in [6, 6.07) is 8.56. The zero-order valence-electron chi connectivity index (χ0n) is 8.79. The minimum Gasteiger partial charge on any atom is -0.476 e. The first-order valence-corrected chi connectivity index (χ1v) is 4.76. The van der Waals surface area contributed by atoms with Crippen LogP contribution in [0, 0.1) is 0 Å². The predicted molar refractivity (Wildman–Crippen MR) is 60.4 cm³/mol. The molecule has 0 unspecified atom stereocenters. The molecule has 1 aromatic carbocycles. The topological polar surface area (TPSA) is 82.2 Å². The molecule has 16 heavy (non-hydrogen) atoms. The van der Waals surface area contributed by atoms with Crippen LogP contribution < -0.4 is 0 Å². The third kappa shape index (κ3) is 2.66. The Hall–Kier alpha value is -2.17. The SMILES string of the molecule is CCN=C(C(=O)O)/C(=N\O)c1ccccc1. The highest BCUT2D eigenvalue weighted by Crippen LogP contribution is 2.03. The van der Waals surface area contributed by atoms with Gasteiger partial charge in [0.15, 0.2) is 5.71 Å². The first kappa shape index (κ1) is 11.9. The Balaban J connectivity index is 3.18. The number of carboxylic acid groups (broad SMARTS) is 1. The molecule has 5 nitrogen and oxygen atoms in total. The molecular formula is C11H12N2O3. The number of hydrogen-bond donors (Lipinski definition) is 2. The Morgan fingerprint density at radius 2 is 1.94 bits per heavy atom. The van der Waals surface area contributed by atoms with Crippen molar-refractivity contribution in [3.05, 3.63) is 35.9 Å². The molecule has 84 valence electrons. The van der Waals surface area contributed by atoms with Crippen LogP contribution >= 0.6 is 0 Å². The van der Waals surface area contributed by atoms with Gasteiger partial charge in [0, 0.05) is 12.1 Å². The van der Waals surface area contributed by atoms with Crippen LogP contribution in [0.2, 0.25) is 0 Å². The summed E-state index contributed by atoms with van der Waals surface area (Å²) in [6.45, 7) is 2.02. The quantitative estimate of drug-likeness (QED) is 0.457. The van der Waals surface area contributed by atoms with Crippen LogP contribution in [0.3, 0.4) is 0 Å². The fourth-order valence-electron chi connectivity index (χ4n) is 1.24. The van der Waals surface area contributed by atoms with Crippen LogP contribution in [-0.4, -0.2) is 34.3 Å². The molecule has 0 spiro atoms. The normalized spacial score (nSPS) is 12.6. The third-order valence-electron chi connectivity index (χ3n) is 1.89. The Kier molecular flexibility index (Phi) is 4.20. The molecule has 0 heterocycles. The van der Waals surface area contributed by atoms with Gasteiger partial charge in [-0.1, -0.05) is 35.5 Å². The maximum Gasteiger partial charge on any atom is 0.356 e. The predicted octanol–water partition coefficient (Wildman–Crippen LogP) is 1.41. The Labute approximate surface area is 92.8 Å². The molecule has 0 aromatic heterocycles. The van der Waals surface area contributed by atoms with E-state index >= 15 is 0 Å². The van der Waals surface area contributed by atoms with Gasteiger partial charge in [0.2, 0.25) is 0 Å². The van der Waals surface area contributed by atoms with E-state index in [-0.39, 0.29) is 11.4 Å². The van der Waals surface area contributed by atoms with E-state index in [1.54, 1.807) is 37.3 Å². The van der Waals surface area contributed by atoms with Gasteiger partial charge < -0.3 is 10.3 Å². The van der Waals surface area contributed by atoms with Crippen molar-refractivity contribution < 1.29 is 15.1 Å². The largest absolute Gasteiger partial charge is 0.476 e. The highest BCUT2D eigenvalue weighted by atomic mass is 16.4. The number of rotatable bonds is 4. The van der Waals surface area contributed by atoms with Gasteiger partial charge in [-0.25, -0.2) is 4.79 Å². The summed E-state index contributed by atoms with van der Waals surface area (Å²) in [4.78, 5) is 14.7. The zero-order valence-corrected chi connectivity index (χ0v) is 8.79. The molecule has 0 atom stereocenters. The Bertz CT molecular complexity index is 424. The monoisotopic (exact) mass is 220 g/mol. The first-order valence-electron chi connectivity index (χ1n) is 4.76. The molecule has 0 amide bonds. The maximum atomic E-state index is 10.9. The number of hydrogen-bond acceptors (Lipinski definition) is 4. The minimum absolute atomic E-state index is 0.0325. The molecule has 0 saturated heterocycles. The summed E-state index contributed by atoms with van der Waals surface area (Å²) in [5.74, 6) is -1.21. The lowest BCUT2D eigenvalue weighted by molar-refractivity contribution is -0.129. The highest BCUT2D eigenvalue weighted by Gasteiger charge is 2.18. The van der Waals surface area contributed by atoms with Crippen LogP contribution in [-0.2, 0) is 4.79 Å². The van der Waals surface area contributed by atoms with Gasteiger partial charge in [0.05, 0.1) is 0 Å². The summed E-state index contributed by atoms with van der Waals surface area (Å²) in [7, 11) is 0. The van der Waals surface area contributed by atoms with Crippen molar-refractivity contribution in [1.29, 1.82) is 0 Å². The number of benzene rings is 1. The molecule has 0 saturated carbocycles. The molecule has 0 aliphatic rings. The van der Waals surface area contributed by atoms with E-state index in [4.69, 9.17) is 10.3 Å². The molecular weight excluding hydrogens is 208 g/mol.